The standard InChI is InChI=1S/C20H25FO6/c1-3-13-14(7-8-27-11-12(23)10-22)19(17(25)9-16(13)24)20-15(21)5-4-6-18(20)26-2/h4-6,9,12,22-25H,3,7-8,10-11H2,1-2H3. The van der Waals surface area contributed by atoms with Gasteiger partial charge >= 0.3 is 0 Å². The molecule has 0 spiro atoms. The van der Waals surface area contributed by atoms with Gasteiger partial charge in [-0.25, -0.2) is 4.39 Å². The predicted octanol–water partition coefficient (Wildman–Crippen LogP) is 2.39. The van der Waals surface area contributed by atoms with Crippen LogP contribution in [0.2, 0.25) is 0 Å². The van der Waals surface area contributed by atoms with E-state index in [1.807, 2.05) is 6.92 Å². The van der Waals surface area contributed by atoms with Gasteiger partial charge in [0.2, 0.25) is 0 Å². The zero-order valence-corrected chi connectivity index (χ0v) is 15.4. The van der Waals surface area contributed by atoms with E-state index >= 15 is 0 Å². The van der Waals surface area contributed by atoms with Gasteiger partial charge in [-0.15, -0.1) is 0 Å². The quantitative estimate of drug-likeness (QED) is 0.499. The van der Waals surface area contributed by atoms with E-state index in [1.54, 1.807) is 6.07 Å². The molecule has 27 heavy (non-hydrogen) atoms. The van der Waals surface area contributed by atoms with Gasteiger partial charge in [0.1, 0.15) is 29.2 Å². The van der Waals surface area contributed by atoms with Crippen molar-refractivity contribution >= 4 is 0 Å². The molecule has 2 rings (SSSR count). The predicted molar refractivity (Wildman–Crippen MR) is 98.7 cm³/mol. The molecule has 6 nitrogen and oxygen atoms in total. The molecule has 7 heteroatoms. The summed E-state index contributed by atoms with van der Waals surface area (Å²) < 4.78 is 25.2. The number of phenols is 2. The lowest BCUT2D eigenvalue weighted by Crippen LogP contribution is -2.20. The van der Waals surface area contributed by atoms with Crippen molar-refractivity contribution in [3.05, 3.63) is 41.2 Å². The smallest absolute Gasteiger partial charge is 0.134 e. The third kappa shape index (κ3) is 4.68. The summed E-state index contributed by atoms with van der Waals surface area (Å²) in [7, 11) is 1.41. The average molecular weight is 380 g/mol. The first-order valence-electron chi connectivity index (χ1n) is 8.70. The van der Waals surface area contributed by atoms with Crippen LogP contribution in [0.15, 0.2) is 24.3 Å². The number of benzene rings is 2. The minimum Gasteiger partial charge on any atom is -0.508 e. The Labute approximate surface area is 157 Å². The molecule has 0 aliphatic carbocycles. The zero-order valence-electron chi connectivity index (χ0n) is 15.4. The van der Waals surface area contributed by atoms with E-state index in [9.17, 15) is 19.7 Å². The lowest BCUT2D eigenvalue weighted by atomic mass is 9.90. The molecule has 0 aliphatic rings. The number of aliphatic hydroxyl groups is 2. The normalized spacial score (nSPS) is 12.2. The monoisotopic (exact) mass is 380 g/mol. The van der Waals surface area contributed by atoms with Crippen molar-refractivity contribution in [3.8, 4) is 28.4 Å². The number of ether oxygens (including phenoxy) is 2. The molecule has 0 amide bonds. The fourth-order valence-corrected chi connectivity index (χ4v) is 3.06. The van der Waals surface area contributed by atoms with Gasteiger partial charge in [0.05, 0.1) is 32.5 Å². The summed E-state index contributed by atoms with van der Waals surface area (Å²) in [6.45, 7) is 1.52. The maximum absolute atomic E-state index is 14.6. The topological polar surface area (TPSA) is 99.4 Å². The van der Waals surface area contributed by atoms with E-state index in [-0.39, 0.29) is 48.0 Å². The van der Waals surface area contributed by atoms with Crippen molar-refractivity contribution in [2.45, 2.75) is 25.9 Å². The Balaban J connectivity index is 2.51. The van der Waals surface area contributed by atoms with Crippen LogP contribution in [0.5, 0.6) is 17.2 Å². The second kappa shape index (κ2) is 9.55. The number of phenolic OH excluding ortho intramolecular Hbond substituents is 2. The van der Waals surface area contributed by atoms with E-state index in [1.165, 1.54) is 25.3 Å². The van der Waals surface area contributed by atoms with Crippen molar-refractivity contribution in [1.29, 1.82) is 0 Å². The van der Waals surface area contributed by atoms with E-state index in [4.69, 9.17) is 14.6 Å². The Hall–Kier alpha value is -2.35. The number of methoxy groups -OCH3 is 1. The minimum atomic E-state index is -0.987. The molecule has 0 saturated heterocycles. The average Bonchev–Trinajstić information content (AvgIpc) is 2.65. The molecule has 1 atom stereocenters. The fourth-order valence-electron chi connectivity index (χ4n) is 3.06. The summed E-state index contributed by atoms with van der Waals surface area (Å²) in [5.74, 6) is -0.649. The van der Waals surface area contributed by atoms with Gasteiger partial charge in [-0.3, -0.25) is 0 Å². The van der Waals surface area contributed by atoms with Crippen molar-refractivity contribution in [2.75, 3.05) is 26.9 Å². The molecular weight excluding hydrogens is 355 g/mol. The van der Waals surface area contributed by atoms with E-state index in [0.29, 0.717) is 17.5 Å². The first-order chi connectivity index (χ1) is 12.9. The number of aliphatic hydroxyl groups excluding tert-OH is 2. The Morgan fingerprint density at radius 2 is 1.85 bits per heavy atom. The van der Waals surface area contributed by atoms with Crippen molar-refractivity contribution < 1.29 is 34.3 Å². The van der Waals surface area contributed by atoms with Gasteiger partial charge in [-0.05, 0) is 36.1 Å². The van der Waals surface area contributed by atoms with Gasteiger partial charge in [-0.1, -0.05) is 13.0 Å². The van der Waals surface area contributed by atoms with Crippen molar-refractivity contribution in [1.82, 2.24) is 0 Å². The van der Waals surface area contributed by atoms with Gasteiger partial charge in [0, 0.05) is 11.6 Å². The third-order valence-electron chi connectivity index (χ3n) is 4.32. The van der Waals surface area contributed by atoms with Gasteiger partial charge in [0.15, 0.2) is 0 Å². The molecule has 0 aliphatic heterocycles. The second-order valence-electron chi connectivity index (χ2n) is 6.08. The van der Waals surface area contributed by atoms with Crippen LogP contribution in [0.25, 0.3) is 11.1 Å². The highest BCUT2D eigenvalue weighted by atomic mass is 19.1. The molecular formula is C20H25FO6. The highest BCUT2D eigenvalue weighted by molar-refractivity contribution is 5.81. The molecule has 1 unspecified atom stereocenters. The first kappa shape index (κ1) is 21.0. The van der Waals surface area contributed by atoms with Gasteiger partial charge in [-0.2, -0.15) is 0 Å². The van der Waals surface area contributed by atoms with Gasteiger partial charge in [0.25, 0.3) is 0 Å². The fraction of sp³-hybridized carbons (Fsp3) is 0.400. The van der Waals surface area contributed by atoms with Crippen LogP contribution in [0.4, 0.5) is 4.39 Å². The zero-order chi connectivity index (χ0) is 20.0. The highest BCUT2D eigenvalue weighted by Gasteiger charge is 2.23. The van der Waals surface area contributed by atoms with E-state index in [2.05, 4.69) is 0 Å². The van der Waals surface area contributed by atoms with Crippen molar-refractivity contribution in [3.63, 3.8) is 0 Å². The van der Waals surface area contributed by atoms with Crippen LogP contribution in [-0.2, 0) is 17.6 Å². The van der Waals surface area contributed by atoms with Crippen LogP contribution in [0, 0.1) is 5.82 Å². The molecule has 0 heterocycles. The molecule has 0 bridgehead atoms. The Morgan fingerprint density at radius 1 is 1.11 bits per heavy atom. The summed E-state index contributed by atoms with van der Waals surface area (Å²) in [6, 6.07) is 5.57. The van der Waals surface area contributed by atoms with Crippen LogP contribution < -0.4 is 4.74 Å². The summed E-state index contributed by atoms with van der Waals surface area (Å²) in [6.07, 6.45) is -0.264. The number of hydrogen-bond acceptors (Lipinski definition) is 6. The Morgan fingerprint density at radius 3 is 2.48 bits per heavy atom. The second-order valence-corrected chi connectivity index (χ2v) is 6.08. The molecule has 0 aromatic heterocycles. The number of hydrogen-bond donors (Lipinski definition) is 4. The van der Waals surface area contributed by atoms with Crippen LogP contribution >= 0.6 is 0 Å². The first-order valence-corrected chi connectivity index (χ1v) is 8.70. The summed E-state index contributed by atoms with van der Waals surface area (Å²) >= 11 is 0. The maximum Gasteiger partial charge on any atom is 0.134 e. The number of halogens is 1. The third-order valence-corrected chi connectivity index (χ3v) is 4.32. The van der Waals surface area contributed by atoms with E-state index in [0.717, 1.165) is 0 Å². The molecule has 148 valence electrons. The Kier molecular flexibility index (Phi) is 7.41. The minimum absolute atomic E-state index is 0.0545. The van der Waals surface area contributed by atoms with E-state index < -0.39 is 18.5 Å². The SMILES string of the molecule is CCc1c(O)cc(O)c(-c2c(F)cccc2OC)c1CCOCC(O)CO. The summed E-state index contributed by atoms with van der Waals surface area (Å²) in [5, 5.41) is 38.9. The lowest BCUT2D eigenvalue weighted by molar-refractivity contribution is 0.00720. The van der Waals surface area contributed by atoms with Crippen LogP contribution in [-0.4, -0.2) is 53.5 Å². The largest absolute Gasteiger partial charge is 0.508 e. The van der Waals surface area contributed by atoms with Gasteiger partial charge < -0.3 is 29.9 Å². The summed E-state index contributed by atoms with van der Waals surface area (Å²) in [4.78, 5) is 0. The number of aromatic hydroxyl groups is 2. The number of rotatable bonds is 9. The lowest BCUT2D eigenvalue weighted by Gasteiger charge is -2.20. The molecule has 4 N–H and O–H groups in total. The molecule has 2 aromatic rings. The molecule has 0 radical (unpaired) electrons. The van der Waals surface area contributed by atoms with Crippen LogP contribution in [0.1, 0.15) is 18.1 Å². The van der Waals surface area contributed by atoms with Crippen molar-refractivity contribution in [2.24, 2.45) is 0 Å². The molecule has 0 saturated carbocycles. The Bertz CT molecular complexity index is 778. The molecule has 0 fully saturated rings. The highest BCUT2D eigenvalue weighted by Crippen LogP contribution is 2.44. The maximum atomic E-state index is 14.6. The summed E-state index contributed by atoms with van der Waals surface area (Å²) in [5.41, 5.74) is 1.46. The van der Waals surface area contributed by atoms with Crippen LogP contribution in [0.3, 0.4) is 0 Å². The molecule has 2 aromatic carbocycles.